The van der Waals surface area contributed by atoms with Gasteiger partial charge in [-0.05, 0) is 44.4 Å². The number of ether oxygens (including phenoxy) is 1. The lowest BCUT2D eigenvalue weighted by molar-refractivity contribution is 0.131. The van der Waals surface area contributed by atoms with Crippen LogP contribution in [0, 0.1) is 5.41 Å². The second-order valence-electron chi connectivity index (χ2n) is 4.45. The third-order valence-corrected chi connectivity index (χ3v) is 3.83. The molecule has 0 heterocycles. The molecule has 0 saturated heterocycles. The van der Waals surface area contributed by atoms with Gasteiger partial charge in [-0.25, -0.2) is 0 Å². The second kappa shape index (κ2) is 5.35. The summed E-state index contributed by atoms with van der Waals surface area (Å²) in [5, 5.41) is 0. The van der Waals surface area contributed by atoms with Gasteiger partial charge in [0.2, 0.25) is 0 Å². The van der Waals surface area contributed by atoms with Crippen LogP contribution in [0.4, 0.5) is 0 Å². The highest BCUT2D eigenvalue weighted by molar-refractivity contribution is 9.09. The van der Waals surface area contributed by atoms with Gasteiger partial charge in [0.25, 0.3) is 0 Å². The number of hydrogen-bond donors (Lipinski definition) is 0. The Balaban J connectivity index is 2.12. The van der Waals surface area contributed by atoms with Gasteiger partial charge in [-0.15, -0.1) is 0 Å². The van der Waals surface area contributed by atoms with E-state index < -0.39 is 0 Å². The fraction of sp³-hybridized carbons (Fsp3) is 1.00. The highest BCUT2D eigenvalue weighted by Gasteiger charge is 2.32. The molecule has 0 spiro atoms. The number of alkyl halides is 1. The third-order valence-electron chi connectivity index (χ3n) is 3.05. The zero-order valence-electron chi connectivity index (χ0n) is 8.81. The monoisotopic (exact) mass is 248 g/mol. The van der Waals surface area contributed by atoms with E-state index in [9.17, 15) is 0 Å². The van der Waals surface area contributed by atoms with E-state index in [0.29, 0.717) is 5.41 Å². The van der Waals surface area contributed by atoms with Crippen LogP contribution < -0.4 is 0 Å². The summed E-state index contributed by atoms with van der Waals surface area (Å²) in [6.07, 6.45) is 6.64. The van der Waals surface area contributed by atoms with Crippen molar-refractivity contribution in [3.8, 4) is 0 Å². The second-order valence-corrected chi connectivity index (χ2v) is 5.75. The molecule has 78 valence electrons. The van der Waals surface area contributed by atoms with Crippen LogP contribution in [-0.2, 0) is 4.74 Å². The first-order chi connectivity index (χ1) is 6.16. The Hall–Kier alpha value is 0.440. The molecule has 0 radical (unpaired) electrons. The molecule has 0 N–H and O–H groups in total. The Labute approximate surface area is 90.4 Å². The molecule has 2 atom stereocenters. The van der Waals surface area contributed by atoms with Crippen LogP contribution in [0.25, 0.3) is 0 Å². The Kier molecular flexibility index (Phi) is 4.74. The summed E-state index contributed by atoms with van der Waals surface area (Å²) >= 11 is 3.71. The summed E-state index contributed by atoms with van der Waals surface area (Å²) in [7, 11) is 0. The van der Waals surface area contributed by atoms with E-state index in [4.69, 9.17) is 4.74 Å². The molecule has 0 aromatic carbocycles. The minimum absolute atomic E-state index is 0.589. The summed E-state index contributed by atoms with van der Waals surface area (Å²) < 4.78 is 5.35. The Morgan fingerprint density at radius 1 is 1.54 bits per heavy atom. The lowest BCUT2D eigenvalue weighted by Gasteiger charge is -2.23. The van der Waals surface area contributed by atoms with Crippen LogP contribution in [0.1, 0.15) is 46.0 Å². The van der Waals surface area contributed by atoms with Crippen molar-refractivity contribution in [1.82, 2.24) is 0 Å². The quantitative estimate of drug-likeness (QED) is 0.532. The zero-order chi connectivity index (χ0) is 9.73. The maximum Gasteiger partial charge on any atom is 0.0466 e. The van der Waals surface area contributed by atoms with E-state index in [2.05, 4.69) is 29.8 Å². The third kappa shape index (κ3) is 3.99. The van der Waals surface area contributed by atoms with E-state index in [-0.39, 0.29) is 0 Å². The average Bonchev–Trinajstić information content (AvgIpc) is 2.41. The number of halogens is 1. The highest BCUT2D eigenvalue weighted by atomic mass is 79.9. The molecular weight excluding hydrogens is 228 g/mol. The lowest BCUT2D eigenvalue weighted by Crippen LogP contribution is -2.13. The molecule has 1 rings (SSSR count). The fourth-order valence-electron chi connectivity index (χ4n) is 2.22. The van der Waals surface area contributed by atoms with Gasteiger partial charge in [0.1, 0.15) is 0 Å². The van der Waals surface area contributed by atoms with Crippen LogP contribution >= 0.6 is 15.9 Å². The number of rotatable bonds is 5. The molecule has 0 aromatic heterocycles. The smallest absolute Gasteiger partial charge is 0.0466 e. The summed E-state index contributed by atoms with van der Waals surface area (Å²) in [4.78, 5) is 0.768. The summed E-state index contributed by atoms with van der Waals surface area (Å²) in [6.45, 7) is 6.28. The van der Waals surface area contributed by atoms with Crippen molar-refractivity contribution in [2.45, 2.75) is 50.8 Å². The Morgan fingerprint density at radius 2 is 2.31 bits per heavy atom. The highest BCUT2D eigenvalue weighted by Crippen LogP contribution is 2.44. The maximum absolute atomic E-state index is 5.35. The van der Waals surface area contributed by atoms with Gasteiger partial charge in [-0.3, -0.25) is 0 Å². The topological polar surface area (TPSA) is 9.23 Å². The SMILES string of the molecule is CCOCCCC1(C)CCC(Br)C1. The van der Waals surface area contributed by atoms with Crippen LogP contribution in [0.5, 0.6) is 0 Å². The van der Waals surface area contributed by atoms with Crippen molar-refractivity contribution in [1.29, 1.82) is 0 Å². The van der Waals surface area contributed by atoms with Crippen LogP contribution in [0.15, 0.2) is 0 Å². The van der Waals surface area contributed by atoms with Crippen LogP contribution in [0.2, 0.25) is 0 Å². The minimum atomic E-state index is 0.589. The molecule has 1 saturated carbocycles. The molecule has 1 aliphatic rings. The largest absolute Gasteiger partial charge is 0.382 e. The van der Waals surface area contributed by atoms with Gasteiger partial charge in [-0.1, -0.05) is 22.9 Å². The number of hydrogen-bond acceptors (Lipinski definition) is 1. The van der Waals surface area contributed by atoms with E-state index in [0.717, 1.165) is 18.0 Å². The molecule has 1 aliphatic carbocycles. The molecule has 0 amide bonds. The summed E-state index contributed by atoms with van der Waals surface area (Å²) in [6, 6.07) is 0. The first-order valence-corrected chi connectivity index (χ1v) is 6.30. The fourth-order valence-corrected chi connectivity index (χ4v) is 3.23. The molecule has 1 nitrogen and oxygen atoms in total. The van der Waals surface area contributed by atoms with Crippen LogP contribution in [-0.4, -0.2) is 18.0 Å². The van der Waals surface area contributed by atoms with Gasteiger partial charge in [0, 0.05) is 18.0 Å². The van der Waals surface area contributed by atoms with E-state index >= 15 is 0 Å². The van der Waals surface area contributed by atoms with Gasteiger partial charge in [-0.2, -0.15) is 0 Å². The normalized spacial score (nSPS) is 33.9. The molecule has 0 aromatic rings. The zero-order valence-corrected chi connectivity index (χ0v) is 10.4. The van der Waals surface area contributed by atoms with Gasteiger partial charge in [0.05, 0.1) is 0 Å². The first-order valence-electron chi connectivity index (χ1n) is 5.38. The molecule has 1 fully saturated rings. The first kappa shape index (κ1) is 11.5. The minimum Gasteiger partial charge on any atom is -0.382 e. The van der Waals surface area contributed by atoms with Gasteiger partial charge >= 0.3 is 0 Å². The van der Waals surface area contributed by atoms with Crippen molar-refractivity contribution < 1.29 is 4.74 Å². The standard InChI is InChI=1S/C11H21BrO/c1-3-13-8-4-6-11(2)7-5-10(12)9-11/h10H,3-9H2,1-2H3. The van der Waals surface area contributed by atoms with Crippen LogP contribution in [0.3, 0.4) is 0 Å². The van der Waals surface area contributed by atoms with Crippen molar-refractivity contribution in [3.63, 3.8) is 0 Å². The van der Waals surface area contributed by atoms with E-state index in [1.54, 1.807) is 0 Å². The van der Waals surface area contributed by atoms with Crippen molar-refractivity contribution >= 4 is 15.9 Å². The molecular formula is C11H21BrO. The summed E-state index contributed by atoms with van der Waals surface area (Å²) in [5.41, 5.74) is 0.589. The maximum atomic E-state index is 5.35. The molecule has 13 heavy (non-hydrogen) atoms. The van der Waals surface area contributed by atoms with Gasteiger partial charge < -0.3 is 4.74 Å². The Bertz CT molecular complexity index is 149. The molecule has 0 bridgehead atoms. The summed E-state index contributed by atoms with van der Waals surface area (Å²) in [5.74, 6) is 0. The van der Waals surface area contributed by atoms with Gasteiger partial charge in [0.15, 0.2) is 0 Å². The molecule has 2 unspecified atom stereocenters. The van der Waals surface area contributed by atoms with E-state index in [1.807, 2.05) is 0 Å². The van der Waals surface area contributed by atoms with Crippen molar-refractivity contribution in [3.05, 3.63) is 0 Å². The predicted octanol–water partition coefficient (Wildman–Crippen LogP) is 3.76. The predicted molar refractivity (Wildman–Crippen MR) is 60.4 cm³/mol. The lowest BCUT2D eigenvalue weighted by atomic mass is 9.84. The van der Waals surface area contributed by atoms with Crippen molar-refractivity contribution in [2.24, 2.45) is 5.41 Å². The Morgan fingerprint density at radius 3 is 2.85 bits per heavy atom. The molecule has 0 aliphatic heterocycles. The average molecular weight is 249 g/mol. The molecule has 2 heteroatoms. The van der Waals surface area contributed by atoms with E-state index in [1.165, 1.54) is 32.1 Å². The van der Waals surface area contributed by atoms with Crippen molar-refractivity contribution in [2.75, 3.05) is 13.2 Å².